The summed E-state index contributed by atoms with van der Waals surface area (Å²) in [5, 5.41) is 11.5. The molecule has 21 heavy (non-hydrogen) atoms. The molecule has 2 rings (SSSR count). The van der Waals surface area contributed by atoms with Gasteiger partial charge in [0, 0.05) is 19.2 Å². The van der Waals surface area contributed by atoms with Crippen molar-refractivity contribution in [3.8, 4) is 5.75 Å². The van der Waals surface area contributed by atoms with Crippen LogP contribution in [0.3, 0.4) is 0 Å². The highest BCUT2D eigenvalue weighted by molar-refractivity contribution is 5.33. The van der Waals surface area contributed by atoms with Gasteiger partial charge in [0.05, 0.1) is 6.04 Å². The van der Waals surface area contributed by atoms with Crippen molar-refractivity contribution in [2.45, 2.75) is 26.4 Å². The zero-order chi connectivity index (χ0) is 15.2. The summed E-state index contributed by atoms with van der Waals surface area (Å²) in [5.41, 5.74) is 2.12. The first-order valence-corrected chi connectivity index (χ1v) is 7.00. The lowest BCUT2D eigenvalue weighted by Crippen LogP contribution is -2.21. The first kappa shape index (κ1) is 15.3. The number of aryl methyl sites for hydroxylation is 1. The third-order valence-corrected chi connectivity index (χ3v) is 3.18. The van der Waals surface area contributed by atoms with Gasteiger partial charge in [-0.2, -0.15) is 0 Å². The molecule has 0 saturated heterocycles. The first-order valence-electron chi connectivity index (χ1n) is 7.00. The highest BCUT2D eigenvalue weighted by Gasteiger charge is 2.11. The number of nitrogens with one attached hydrogen (secondary N) is 1. The van der Waals surface area contributed by atoms with Gasteiger partial charge in [-0.05, 0) is 25.5 Å². The van der Waals surface area contributed by atoms with Gasteiger partial charge in [-0.1, -0.05) is 24.8 Å². The van der Waals surface area contributed by atoms with Gasteiger partial charge in [0.2, 0.25) is 0 Å². The molecule has 2 aromatic rings. The van der Waals surface area contributed by atoms with Crippen LogP contribution in [-0.4, -0.2) is 21.4 Å². The Labute approximate surface area is 125 Å². The number of ether oxygens (including phenoxy) is 1. The molecule has 112 valence electrons. The summed E-state index contributed by atoms with van der Waals surface area (Å²) in [6.45, 7) is 9.13. The Balaban J connectivity index is 1.99. The zero-order valence-electron chi connectivity index (χ0n) is 12.8. The third-order valence-electron chi connectivity index (χ3n) is 3.18. The zero-order valence-corrected chi connectivity index (χ0v) is 12.8. The van der Waals surface area contributed by atoms with Crippen LogP contribution in [0.15, 0.2) is 42.7 Å². The monoisotopic (exact) mass is 286 g/mol. The van der Waals surface area contributed by atoms with E-state index in [-0.39, 0.29) is 6.04 Å². The Morgan fingerprint density at radius 3 is 2.86 bits per heavy atom. The van der Waals surface area contributed by atoms with Gasteiger partial charge in [0.1, 0.15) is 24.5 Å². The average molecular weight is 286 g/mol. The topological polar surface area (TPSA) is 52.0 Å². The minimum absolute atomic E-state index is 0.117. The molecule has 0 bridgehead atoms. The fourth-order valence-corrected chi connectivity index (χ4v) is 2.03. The molecule has 0 fully saturated rings. The molecule has 0 radical (unpaired) electrons. The van der Waals surface area contributed by atoms with Gasteiger partial charge in [-0.3, -0.25) is 0 Å². The molecule has 0 amide bonds. The third kappa shape index (κ3) is 4.16. The summed E-state index contributed by atoms with van der Waals surface area (Å²) in [6.07, 6.45) is 1.71. The van der Waals surface area contributed by atoms with Crippen LogP contribution < -0.4 is 10.1 Å². The Morgan fingerprint density at radius 2 is 2.19 bits per heavy atom. The molecule has 0 aliphatic carbocycles. The van der Waals surface area contributed by atoms with Crippen molar-refractivity contribution < 1.29 is 4.74 Å². The van der Waals surface area contributed by atoms with Crippen molar-refractivity contribution in [1.82, 2.24) is 20.1 Å². The molecular weight excluding hydrogens is 264 g/mol. The lowest BCUT2D eigenvalue weighted by Gasteiger charge is -2.15. The molecule has 1 aromatic carbocycles. The van der Waals surface area contributed by atoms with Gasteiger partial charge in [-0.25, -0.2) is 0 Å². The summed E-state index contributed by atoms with van der Waals surface area (Å²) in [5.74, 6) is 1.80. The quantitative estimate of drug-likeness (QED) is 0.795. The van der Waals surface area contributed by atoms with E-state index < -0.39 is 0 Å². The number of para-hydroxylation sites is 1. The lowest BCUT2D eigenvalue weighted by atomic mass is 10.2. The fourth-order valence-electron chi connectivity index (χ4n) is 2.03. The van der Waals surface area contributed by atoms with E-state index in [2.05, 4.69) is 35.1 Å². The average Bonchev–Trinajstić information content (AvgIpc) is 2.89. The molecule has 1 heterocycles. The van der Waals surface area contributed by atoms with Crippen molar-refractivity contribution in [3.63, 3.8) is 0 Å². The van der Waals surface area contributed by atoms with Crippen LogP contribution in [0.2, 0.25) is 0 Å². The second kappa shape index (κ2) is 7.04. The highest BCUT2D eigenvalue weighted by Crippen LogP contribution is 2.19. The van der Waals surface area contributed by atoms with E-state index in [9.17, 15) is 0 Å². The van der Waals surface area contributed by atoms with Gasteiger partial charge < -0.3 is 14.6 Å². The van der Waals surface area contributed by atoms with Crippen molar-refractivity contribution in [2.75, 3.05) is 6.61 Å². The molecule has 5 nitrogen and oxygen atoms in total. The van der Waals surface area contributed by atoms with Crippen LogP contribution in [0.4, 0.5) is 0 Å². The van der Waals surface area contributed by atoms with Crippen molar-refractivity contribution in [2.24, 2.45) is 7.05 Å². The molecule has 0 aliphatic heterocycles. The SMILES string of the molecule is C=C(C)COc1ccccc1CN[C@H](C)c1nncn1C. The van der Waals surface area contributed by atoms with Crippen LogP contribution >= 0.6 is 0 Å². The maximum absolute atomic E-state index is 5.77. The van der Waals surface area contributed by atoms with E-state index in [4.69, 9.17) is 4.74 Å². The minimum Gasteiger partial charge on any atom is -0.489 e. The lowest BCUT2D eigenvalue weighted by molar-refractivity contribution is 0.346. The molecule has 0 spiro atoms. The van der Waals surface area contributed by atoms with Gasteiger partial charge in [0.15, 0.2) is 0 Å². The maximum Gasteiger partial charge on any atom is 0.149 e. The molecule has 1 atom stereocenters. The highest BCUT2D eigenvalue weighted by atomic mass is 16.5. The number of rotatable bonds is 7. The van der Waals surface area contributed by atoms with E-state index >= 15 is 0 Å². The number of hydrogen-bond donors (Lipinski definition) is 1. The Kier molecular flexibility index (Phi) is 5.11. The van der Waals surface area contributed by atoms with E-state index in [0.717, 1.165) is 22.7 Å². The van der Waals surface area contributed by atoms with E-state index in [1.165, 1.54) is 0 Å². The van der Waals surface area contributed by atoms with Crippen LogP contribution in [0, 0.1) is 0 Å². The second-order valence-corrected chi connectivity index (χ2v) is 5.26. The second-order valence-electron chi connectivity index (χ2n) is 5.26. The van der Waals surface area contributed by atoms with Crippen molar-refractivity contribution in [3.05, 3.63) is 54.1 Å². The molecule has 1 N–H and O–H groups in total. The Morgan fingerprint density at radius 1 is 1.43 bits per heavy atom. The smallest absolute Gasteiger partial charge is 0.149 e. The van der Waals surface area contributed by atoms with Crippen LogP contribution in [0.25, 0.3) is 0 Å². The largest absolute Gasteiger partial charge is 0.489 e. The van der Waals surface area contributed by atoms with E-state index in [1.807, 2.05) is 36.7 Å². The summed E-state index contributed by atoms with van der Waals surface area (Å²) in [6, 6.07) is 8.14. The predicted molar refractivity (Wildman–Crippen MR) is 83.0 cm³/mol. The maximum atomic E-state index is 5.77. The number of aromatic nitrogens is 3. The molecule has 0 aliphatic rings. The van der Waals surface area contributed by atoms with Crippen LogP contribution in [-0.2, 0) is 13.6 Å². The van der Waals surface area contributed by atoms with Crippen molar-refractivity contribution in [1.29, 1.82) is 0 Å². The van der Waals surface area contributed by atoms with Crippen molar-refractivity contribution >= 4 is 0 Å². The van der Waals surface area contributed by atoms with E-state index in [0.29, 0.717) is 13.2 Å². The van der Waals surface area contributed by atoms with Gasteiger partial charge in [-0.15, -0.1) is 10.2 Å². The fraction of sp³-hybridized carbons (Fsp3) is 0.375. The molecule has 5 heteroatoms. The Hall–Kier alpha value is -2.14. The standard InChI is InChI=1S/C16H22N4O/c1-12(2)10-21-15-8-6-5-7-14(15)9-17-13(3)16-19-18-11-20(16)4/h5-8,11,13,17H,1,9-10H2,2-4H3/t13-/m1/s1. The summed E-state index contributed by atoms with van der Waals surface area (Å²) in [4.78, 5) is 0. The number of benzene rings is 1. The van der Waals surface area contributed by atoms with Gasteiger partial charge in [0.25, 0.3) is 0 Å². The summed E-state index contributed by atoms with van der Waals surface area (Å²) in [7, 11) is 1.94. The molecular formula is C16H22N4O. The first-order chi connectivity index (χ1) is 10.1. The number of hydrogen-bond acceptors (Lipinski definition) is 4. The number of nitrogens with zero attached hydrogens (tertiary/aromatic N) is 3. The van der Waals surface area contributed by atoms with Gasteiger partial charge >= 0.3 is 0 Å². The molecule has 0 saturated carbocycles. The predicted octanol–water partition coefficient (Wildman–Crippen LogP) is 2.62. The molecule has 0 unspecified atom stereocenters. The van der Waals surface area contributed by atoms with Crippen LogP contribution in [0.1, 0.15) is 31.3 Å². The Bertz CT molecular complexity index is 606. The minimum atomic E-state index is 0.117. The normalized spacial score (nSPS) is 12.1. The van der Waals surface area contributed by atoms with E-state index in [1.54, 1.807) is 6.33 Å². The van der Waals surface area contributed by atoms with Crippen LogP contribution in [0.5, 0.6) is 5.75 Å². The molecule has 1 aromatic heterocycles. The summed E-state index contributed by atoms with van der Waals surface area (Å²) >= 11 is 0. The summed E-state index contributed by atoms with van der Waals surface area (Å²) < 4.78 is 7.69.